The molecule has 17 heavy (non-hydrogen) atoms. The maximum absolute atomic E-state index is 9.13. The molecule has 4 heteroatoms. The van der Waals surface area contributed by atoms with Gasteiger partial charge in [-0.25, -0.2) is 0 Å². The van der Waals surface area contributed by atoms with Crippen molar-refractivity contribution in [3.05, 3.63) is 34.6 Å². The van der Waals surface area contributed by atoms with Crippen LogP contribution in [0.4, 0.5) is 0 Å². The molecule has 0 unspecified atom stereocenters. The van der Waals surface area contributed by atoms with Gasteiger partial charge in [-0.2, -0.15) is 15.8 Å². The molecule has 1 rings (SSSR count). The molecule has 0 atom stereocenters. The second-order valence-corrected chi connectivity index (χ2v) is 3.94. The first-order valence-corrected chi connectivity index (χ1v) is 5.03. The third-order valence-corrected chi connectivity index (χ3v) is 2.40. The summed E-state index contributed by atoms with van der Waals surface area (Å²) in [5, 5.41) is 26.8. The van der Waals surface area contributed by atoms with Gasteiger partial charge in [0.2, 0.25) is 0 Å². The lowest BCUT2D eigenvalue weighted by Crippen LogP contribution is -2.20. The molecule has 0 aliphatic carbocycles. The second kappa shape index (κ2) is 4.56. The van der Waals surface area contributed by atoms with Crippen LogP contribution < -0.4 is 0 Å². The van der Waals surface area contributed by atoms with Crippen LogP contribution in [-0.4, -0.2) is 5.60 Å². The highest BCUT2D eigenvalue weighted by Gasteiger charge is 2.38. The zero-order valence-electron chi connectivity index (χ0n) is 9.90. The quantitative estimate of drug-likeness (QED) is 0.642. The Balaban J connectivity index is 3.58. The summed E-state index contributed by atoms with van der Waals surface area (Å²) < 4.78 is 5.55. The molecule has 0 fully saturated rings. The van der Waals surface area contributed by atoms with Crippen LogP contribution in [-0.2, 0) is 4.74 Å². The van der Waals surface area contributed by atoms with E-state index in [0.29, 0.717) is 5.57 Å². The minimum Gasteiger partial charge on any atom is -0.480 e. The van der Waals surface area contributed by atoms with Crippen LogP contribution in [0.15, 0.2) is 34.6 Å². The smallest absolute Gasteiger partial charge is 0.172 e. The van der Waals surface area contributed by atoms with Gasteiger partial charge in [0.1, 0.15) is 29.4 Å². The van der Waals surface area contributed by atoms with Crippen LogP contribution in [0, 0.1) is 34.0 Å². The number of hydrogen-bond acceptors (Lipinski definition) is 4. The van der Waals surface area contributed by atoms with Gasteiger partial charge in [-0.3, -0.25) is 0 Å². The maximum atomic E-state index is 9.13. The molecule has 0 aromatic rings. The monoisotopic (exact) mass is 225 g/mol. The Morgan fingerprint density at radius 2 is 1.82 bits per heavy atom. The molecule has 0 aromatic carbocycles. The Morgan fingerprint density at radius 1 is 1.24 bits per heavy atom. The van der Waals surface area contributed by atoms with Gasteiger partial charge in [0.05, 0.1) is 0 Å². The molecule has 0 saturated carbocycles. The molecule has 0 bridgehead atoms. The van der Waals surface area contributed by atoms with Crippen LogP contribution >= 0.6 is 0 Å². The first kappa shape index (κ1) is 12.6. The van der Waals surface area contributed by atoms with E-state index in [1.54, 1.807) is 38.1 Å². The molecule has 84 valence electrons. The molecule has 1 aliphatic rings. The van der Waals surface area contributed by atoms with Gasteiger partial charge in [-0.05, 0) is 20.8 Å². The lowest BCUT2D eigenvalue weighted by molar-refractivity contribution is 0.0954. The molecule has 0 aromatic heterocycles. The molecular weight excluding hydrogens is 214 g/mol. The topological polar surface area (TPSA) is 80.6 Å². The van der Waals surface area contributed by atoms with Gasteiger partial charge < -0.3 is 4.74 Å². The third kappa shape index (κ3) is 2.05. The van der Waals surface area contributed by atoms with E-state index in [-0.39, 0.29) is 16.9 Å². The zero-order valence-corrected chi connectivity index (χ0v) is 9.90. The lowest BCUT2D eigenvalue weighted by Gasteiger charge is -2.20. The number of hydrogen-bond donors (Lipinski definition) is 0. The molecule has 0 amide bonds. The molecule has 1 heterocycles. The average Bonchev–Trinajstić information content (AvgIpc) is 2.53. The number of allylic oxidation sites excluding steroid dienone is 3. The molecule has 4 nitrogen and oxygen atoms in total. The van der Waals surface area contributed by atoms with Crippen molar-refractivity contribution in [3.63, 3.8) is 0 Å². The van der Waals surface area contributed by atoms with E-state index < -0.39 is 5.60 Å². The summed E-state index contributed by atoms with van der Waals surface area (Å²) in [4.78, 5) is 0. The van der Waals surface area contributed by atoms with E-state index in [9.17, 15) is 0 Å². The Kier molecular flexibility index (Phi) is 3.37. The maximum Gasteiger partial charge on any atom is 0.172 e. The number of ether oxygens (including phenoxy) is 1. The standard InChI is InChI=1S/C13H11N3O/c1-4-5-11-10(8-16)12(9(6-14)7-15)17-13(11,2)3/h4-5H,1-3H3. The van der Waals surface area contributed by atoms with E-state index in [1.807, 2.05) is 13.0 Å². The highest BCUT2D eigenvalue weighted by Crippen LogP contribution is 2.39. The van der Waals surface area contributed by atoms with Crippen LogP contribution in [0.25, 0.3) is 0 Å². The van der Waals surface area contributed by atoms with E-state index in [2.05, 4.69) is 0 Å². The first-order valence-electron chi connectivity index (χ1n) is 5.03. The van der Waals surface area contributed by atoms with Gasteiger partial charge in [-0.15, -0.1) is 0 Å². The van der Waals surface area contributed by atoms with Crippen molar-refractivity contribution in [2.24, 2.45) is 0 Å². The average molecular weight is 225 g/mol. The van der Waals surface area contributed by atoms with Crippen molar-refractivity contribution < 1.29 is 4.74 Å². The Morgan fingerprint density at radius 3 is 2.24 bits per heavy atom. The van der Waals surface area contributed by atoms with E-state index in [4.69, 9.17) is 20.5 Å². The van der Waals surface area contributed by atoms with Crippen molar-refractivity contribution in [3.8, 4) is 18.2 Å². The van der Waals surface area contributed by atoms with Crippen LogP contribution in [0.3, 0.4) is 0 Å². The highest BCUT2D eigenvalue weighted by molar-refractivity contribution is 5.59. The van der Waals surface area contributed by atoms with Crippen molar-refractivity contribution in [2.45, 2.75) is 26.4 Å². The van der Waals surface area contributed by atoms with Gasteiger partial charge in [0.15, 0.2) is 11.3 Å². The molecule has 0 spiro atoms. The molecular formula is C13H11N3O. The fourth-order valence-electron chi connectivity index (χ4n) is 1.65. The summed E-state index contributed by atoms with van der Waals surface area (Å²) in [6.07, 6.45) is 3.55. The predicted molar refractivity (Wildman–Crippen MR) is 60.9 cm³/mol. The van der Waals surface area contributed by atoms with Crippen LogP contribution in [0.5, 0.6) is 0 Å². The summed E-state index contributed by atoms with van der Waals surface area (Å²) >= 11 is 0. The fraction of sp³-hybridized carbons (Fsp3) is 0.308. The summed E-state index contributed by atoms with van der Waals surface area (Å²) in [6, 6.07) is 5.48. The van der Waals surface area contributed by atoms with Crippen molar-refractivity contribution in [2.75, 3.05) is 0 Å². The zero-order chi connectivity index (χ0) is 13.1. The SMILES string of the molecule is CC=CC1=C(C#N)C(=C(C#N)C#N)OC1(C)C. The summed E-state index contributed by atoms with van der Waals surface area (Å²) in [5.74, 6) is 0.0793. The van der Waals surface area contributed by atoms with Gasteiger partial charge in [0, 0.05) is 5.57 Å². The minimum absolute atomic E-state index is 0.0793. The number of nitrogens with zero attached hydrogens (tertiary/aromatic N) is 3. The summed E-state index contributed by atoms with van der Waals surface area (Å²) in [7, 11) is 0. The van der Waals surface area contributed by atoms with Crippen molar-refractivity contribution >= 4 is 0 Å². The van der Waals surface area contributed by atoms with Crippen LogP contribution in [0.2, 0.25) is 0 Å². The van der Waals surface area contributed by atoms with Gasteiger partial charge >= 0.3 is 0 Å². The van der Waals surface area contributed by atoms with Crippen molar-refractivity contribution in [1.29, 1.82) is 15.8 Å². The Labute approximate surface area is 100 Å². The Hall–Kier alpha value is -2.51. The number of rotatable bonds is 1. The summed E-state index contributed by atoms with van der Waals surface area (Å²) in [5.41, 5.74) is 0.0621. The van der Waals surface area contributed by atoms with Crippen molar-refractivity contribution in [1.82, 2.24) is 0 Å². The predicted octanol–water partition coefficient (Wildman–Crippen LogP) is 2.49. The van der Waals surface area contributed by atoms with E-state index in [1.165, 1.54) is 0 Å². The Bertz CT molecular complexity index is 541. The molecule has 0 radical (unpaired) electrons. The number of nitriles is 3. The second-order valence-electron chi connectivity index (χ2n) is 3.94. The lowest BCUT2D eigenvalue weighted by atomic mass is 9.95. The molecule has 0 N–H and O–H groups in total. The van der Waals surface area contributed by atoms with E-state index in [0.717, 1.165) is 0 Å². The van der Waals surface area contributed by atoms with E-state index >= 15 is 0 Å². The fourth-order valence-corrected chi connectivity index (χ4v) is 1.65. The van der Waals surface area contributed by atoms with Gasteiger partial charge in [0.25, 0.3) is 0 Å². The largest absolute Gasteiger partial charge is 0.480 e. The molecule has 1 aliphatic heterocycles. The highest BCUT2D eigenvalue weighted by atomic mass is 16.5. The van der Waals surface area contributed by atoms with Gasteiger partial charge in [-0.1, -0.05) is 12.2 Å². The summed E-state index contributed by atoms with van der Waals surface area (Å²) in [6.45, 7) is 5.41. The first-order chi connectivity index (χ1) is 8.01. The minimum atomic E-state index is -0.703. The normalized spacial score (nSPS) is 17.3. The molecule has 0 saturated heterocycles. The van der Waals surface area contributed by atoms with Crippen LogP contribution in [0.1, 0.15) is 20.8 Å². The third-order valence-electron chi connectivity index (χ3n) is 2.40.